The van der Waals surface area contributed by atoms with Crippen LogP contribution in [0.1, 0.15) is 37.7 Å². The van der Waals surface area contributed by atoms with E-state index in [1.807, 2.05) is 0 Å². The van der Waals surface area contributed by atoms with Gasteiger partial charge in [-0.3, -0.25) is 4.79 Å². The number of nitrogens with one attached hydrogen (secondary N) is 2. The van der Waals surface area contributed by atoms with Crippen LogP contribution in [-0.2, 0) is 11.3 Å². The Bertz CT molecular complexity index is 530. The lowest BCUT2D eigenvalue weighted by Crippen LogP contribution is -2.39. The van der Waals surface area contributed by atoms with E-state index in [0.717, 1.165) is 18.4 Å². The maximum Gasteiger partial charge on any atom is 0.387 e. The molecule has 7 heteroatoms. The Labute approximate surface area is 146 Å². The van der Waals surface area contributed by atoms with Crippen molar-refractivity contribution in [2.45, 2.75) is 57.3 Å². The van der Waals surface area contributed by atoms with Crippen molar-refractivity contribution in [1.29, 1.82) is 0 Å². The molecule has 2 saturated heterocycles. The van der Waals surface area contributed by atoms with Gasteiger partial charge in [-0.25, -0.2) is 0 Å². The molecule has 2 bridgehead atoms. The molecule has 2 heterocycles. The van der Waals surface area contributed by atoms with Crippen LogP contribution in [-0.4, -0.2) is 24.6 Å². The molecule has 1 amide bonds. The average Bonchev–Trinajstić information content (AvgIpc) is 2.85. The van der Waals surface area contributed by atoms with Crippen molar-refractivity contribution in [2.75, 3.05) is 0 Å². The first-order chi connectivity index (χ1) is 11.1. The zero-order chi connectivity index (χ0) is 16.2. The molecular formula is C17H23ClF2N2O2. The summed E-state index contributed by atoms with van der Waals surface area (Å²) in [7, 11) is 0. The summed E-state index contributed by atoms with van der Waals surface area (Å²) in [6.07, 6.45) is 5.21. The van der Waals surface area contributed by atoms with Gasteiger partial charge in [0.25, 0.3) is 0 Å². The van der Waals surface area contributed by atoms with Crippen molar-refractivity contribution in [2.24, 2.45) is 5.92 Å². The number of piperidine rings is 1. The van der Waals surface area contributed by atoms with Gasteiger partial charge in [0.1, 0.15) is 5.75 Å². The van der Waals surface area contributed by atoms with Gasteiger partial charge >= 0.3 is 6.61 Å². The number of fused-ring (bicyclic) bond motifs is 2. The Morgan fingerprint density at radius 3 is 2.42 bits per heavy atom. The van der Waals surface area contributed by atoms with Gasteiger partial charge in [0.2, 0.25) is 5.91 Å². The molecule has 1 aromatic carbocycles. The Balaban J connectivity index is 0.00000208. The Morgan fingerprint density at radius 1 is 1.21 bits per heavy atom. The van der Waals surface area contributed by atoms with Crippen LogP contribution >= 0.6 is 12.4 Å². The number of rotatable bonds is 6. The fourth-order valence-corrected chi connectivity index (χ4v) is 3.67. The molecule has 0 radical (unpaired) electrons. The molecule has 2 fully saturated rings. The standard InChI is InChI=1S/C17H22F2N2O2.ClH/c18-17(19)23-15-5-1-11(2-6-15)10-20-16(22)9-12-7-13-3-4-14(8-12)21-13;/h1-2,5-6,12-14,17,21H,3-4,7-10H2,(H,20,22);1H. The smallest absolute Gasteiger partial charge is 0.387 e. The minimum absolute atomic E-state index is 0. The van der Waals surface area contributed by atoms with E-state index in [-0.39, 0.29) is 24.1 Å². The van der Waals surface area contributed by atoms with Crippen molar-refractivity contribution >= 4 is 18.3 Å². The van der Waals surface area contributed by atoms with Gasteiger partial charge in [-0.15, -0.1) is 12.4 Å². The van der Waals surface area contributed by atoms with Crippen molar-refractivity contribution in [3.63, 3.8) is 0 Å². The van der Waals surface area contributed by atoms with Gasteiger partial charge < -0.3 is 15.4 Å². The molecule has 2 atom stereocenters. The second kappa shape index (κ2) is 8.62. The summed E-state index contributed by atoms with van der Waals surface area (Å²) in [5.74, 6) is 0.653. The Kier molecular flexibility index (Phi) is 6.80. The number of alkyl halides is 2. The van der Waals surface area contributed by atoms with Gasteiger partial charge in [-0.2, -0.15) is 8.78 Å². The monoisotopic (exact) mass is 360 g/mol. The van der Waals surface area contributed by atoms with E-state index < -0.39 is 6.61 Å². The number of carbonyl (C=O) groups is 1. The maximum atomic E-state index is 12.1. The zero-order valence-corrected chi connectivity index (χ0v) is 14.2. The third-order valence-electron chi connectivity index (χ3n) is 4.68. The van der Waals surface area contributed by atoms with E-state index in [0.29, 0.717) is 31.0 Å². The summed E-state index contributed by atoms with van der Waals surface area (Å²) in [6, 6.07) is 7.52. The van der Waals surface area contributed by atoms with Crippen LogP contribution in [0.15, 0.2) is 24.3 Å². The van der Waals surface area contributed by atoms with Crippen LogP contribution in [0.3, 0.4) is 0 Å². The summed E-state index contributed by atoms with van der Waals surface area (Å²) in [5, 5.41) is 6.48. The van der Waals surface area contributed by atoms with Crippen LogP contribution in [0.4, 0.5) is 8.78 Å². The second-order valence-electron chi connectivity index (χ2n) is 6.48. The molecule has 1 aromatic rings. The molecule has 2 N–H and O–H groups in total. The van der Waals surface area contributed by atoms with E-state index in [1.54, 1.807) is 12.1 Å². The Morgan fingerprint density at radius 2 is 1.83 bits per heavy atom. The maximum absolute atomic E-state index is 12.1. The predicted octanol–water partition coefficient (Wildman–Crippen LogP) is 3.25. The molecule has 0 aromatic heterocycles. The first-order valence-electron chi connectivity index (χ1n) is 8.15. The van der Waals surface area contributed by atoms with Crippen molar-refractivity contribution < 1.29 is 18.3 Å². The molecule has 0 spiro atoms. The fourth-order valence-electron chi connectivity index (χ4n) is 3.67. The van der Waals surface area contributed by atoms with Crippen LogP contribution in [0, 0.1) is 5.92 Å². The number of halogens is 3. The van der Waals surface area contributed by atoms with Crippen LogP contribution in [0.2, 0.25) is 0 Å². The highest BCUT2D eigenvalue weighted by Crippen LogP contribution is 2.32. The highest BCUT2D eigenvalue weighted by Gasteiger charge is 2.34. The normalized spacial score (nSPS) is 25.2. The number of ether oxygens (including phenoxy) is 1. The molecule has 2 aliphatic rings. The van der Waals surface area contributed by atoms with E-state index in [1.165, 1.54) is 25.0 Å². The van der Waals surface area contributed by atoms with Crippen molar-refractivity contribution in [1.82, 2.24) is 10.6 Å². The lowest BCUT2D eigenvalue weighted by Gasteiger charge is -2.28. The summed E-state index contributed by atoms with van der Waals surface area (Å²) >= 11 is 0. The summed E-state index contributed by atoms with van der Waals surface area (Å²) in [4.78, 5) is 12.1. The Hall–Kier alpha value is -1.40. The predicted molar refractivity (Wildman–Crippen MR) is 89.5 cm³/mol. The first-order valence-corrected chi connectivity index (χ1v) is 8.15. The summed E-state index contributed by atoms with van der Waals surface area (Å²) in [5.41, 5.74) is 0.866. The minimum Gasteiger partial charge on any atom is -0.435 e. The molecule has 2 aliphatic heterocycles. The molecule has 4 nitrogen and oxygen atoms in total. The molecule has 0 saturated carbocycles. The third-order valence-corrected chi connectivity index (χ3v) is 4.68. The second-order valence-corrected chi connectivity index (χ2v) is 6.48. The van der Waals surface area contributed by atoms with E-state index in [9.17, 15) is 13.6 Å². The summed E-state index contributed by atoms with van der Waals surface area (Å²) in [6.45, 7) is -2.41. The molecule has 134 valence electrons. The van der Waals surface area contributed by atoms with Gasteiger partial charge in [0, 0.05) is 25.0 Å². The van der Waals surface area contributed by atoms with Gasteiger partial charge in [-0.05, 0) is 49.3 Å². The zero-order valence-electron chi connectivity index (χ0n) is 13.3. The number of hydrogen-bond acceptors (Lipinski definition) is 3. The lowest BCUT2D eigenvalue weighted by molar-refractivity contribution is -0.122. The minimum atomic E-state index is -2.82. The fraction of sp³-hybridized carbons (Fsp3) is 0.588. The quantitative estimate of drug-likeness (QED) is 0.818. The third kappa shape index (κ3) is 5.31. The largest absolute Gasteiger partial charge is 0.435 e. The number of benzene rings is 1. The molecule has 3 rings (SSSR count). The van der Waals surface area contributed by atoms with Crippen LogP contribution in [0.25, 0.3) is 0 Å². The van der Waals surface area contributed by atoms with Crippen LogP contribution < -0.4 is 15.4 Å². The van der Waals surface area contributed by atoms with Gasteiger partial charge in [0.15, 0.2) is 0 Å². The average molecular weight is 361 g/mol. The highest BCUT2D eigenvalue weighted by atomic mass is 35.5. The molecule has 2 unspecified atom stereocenters. The topological polar surface area (TPSA) is 50.4 Å². The van der Waals surface area contributed by atoms with Gasteiger partial charge in [0.05, 0.1) is 0 Å². The van der Waals surface area contributed by atoms with Crippen molar-refractivity contribution in [3.8, 4) is 5.75 Å². The van der Waals surface area contributed by atoms with E-state index in [2.05, 4.69) is 15.4 Å². The lowest BCUT2D eigenvalue weighted by atomic mass is 9.89. The molecule has 24 heavy (non-hydrogen) atoms. The van der Waals surface area contributed by atoms with Crippen molar-refractivity contribution in [3.05, 3.63) is 29.8 Å². The van der Waals surface area contributed by atoms with E-state index >= 15 is 0 Å². The molecular weight excluding hydrogens is 338 g/mol. The summed E-state index contributed by atoms with van der Waals surface area (Å²) < 4.78 is 28.4. The number of amides is 1. The van der Waals surface area contributed by atoms with Crippen LogP contribution in [0.5, 0.6) is 5.75 Å². The SMILES string of the molecule is Cl.O=C(CC1CC2CCC(C1)N2)NCc1ccc(OC(F)F)cc1. The van der Waals surface area contributed by atoms with Gasteiger partial charge in [-0.1, -0.05) is 12.1 Å². The number of hydrogen-bond donors (Lipinski definition) is 2. The molecule has 0 aliphatic carbocycles. The first kappa shape index (κ1) is 18.9. The number of carbonyl (C=O) groups excluding carboxylic acids is 1. The highest BCUT2D eigenvalue weighted by molar-refractivity contribution is 5.85. The van der Waals surface area contributed by atoms with E-state index in [4.69, 9.17) is 0 Å².